The van der Waals surface area contributed by atoms with Gasteiger partial charge >= 0.3 is 58.2 Å². The molecule has 1 aliphatic rings. The molecule has 0 N–H and O–H groups in total. The number of hydrogen-bond donors (Lipinski definition) is 0. The van der Waals surface area contributed by atoms with E-state index in [1.807, 2.05) is 18.0 Å². The van der Waals surface area contributed by atoms with Gasteiger partial charge in [-0.05, 0) is 90.4 Å². The smallest absolute Gasteiger partial charge is 0.542 e. The molecule has 230 valence electrons. The molecule has 4 aromatic carbocycles. The topological polar surface area (TPSA) is 36.0 Å². The summed E-state index contributed by atoms with van der Waals surface area (Å²) in [7, 11) is 9.74. The van der Waals surface area contributed by atoms with Crippen LogP contribution in [-0.4, -0.2) is 39.7 Å². The van der Waals surface area contributed by atoms with Crippen molar-refractivity contribution in [2.24, 2.45) is 0 Å². The van der Waals surface area contributed by atoms with Crippen molar-refractivity contribution in [3.63, 3.8) is 0 Å². The number of rotatable bonds is 14. The summed E-state index contributed by atoms with van der Waals surface area (Å²) in [5, 5.41) is 0. The first-order chi connectivity index (χ1) is 21.4. The molecule has 5 rings (SSSR count). The molecule has 1 aliphatic heterocycles. The first-order valence-corrected chi connectivity index (χ1v) is 18.1. The molecule has 0 spiro atoms. The van der Waals surface area contributed by atoms with E-state index < -0.39 is 0 Å². The molecule has 0 saturated heterocycles. The molecule has 45 heavy (non-hydrogen) atoms. The van der Waals surface area contributed by atoms with Crippen LogP contribution in [-0.2, 0) is 17.9 Å². The number of carbonyl (C=O) groups excluding carboxylic acids is 1. The Labute approximate surface area is 330 Å². The third-order valence-corrected chi connectivity index (χ3v) is 11.3. The second-order valence-electron chi connectivity index (χ2n) is 11.1. The van der Waals surface area contributed by atoms with Crippen LogP contribution >= 0.6 is 33.3 Å². The molecule has 0 aliphatic carbocycles. The maximum atomic E-state index is 10.4. The van der Waals surface area contributed by atoms with Crippen LogP contribution in [0.2, 0.25) is 0 Å². The van der Waals surface area contributed by atoms with Crippen LogP contribution in [0.1, 0.15) is 36.5 Å². The zero-order valence-electron chi connectivity index (χ0n) is 27.1. The molecule has 0 amide bonds. The van der Waals surface area contributed by atoms with Gasteiger partial charge in [-0.15, -0.1) is 6.42 Å². The van der Waals surface area contributed by atoms with E-state index in [0.717, 1.165) is 36.6 Å². The zero-order chi connectivity index (χ0) is 31.1. The van der Waals surface area contributed by atoms with Gasteiger partial charge in [0.1, 0.15) is 12.4 Å². The summed E-state index contributed by atoms with van der Waals surface area (Å²) < 4.78 is 6.13. The molecule has 0 fully saturated rings. The Morgan fingerprint density at radius 2 is 1.62 bits per heavy atom. The van der Waals surface area contributed by atoms with Crippen LogP contribution in [0, 0.1) is 6.92 Å². The number of benzene rings is 4. The van der Waals surface area contributed by atoms with Gasteiger partial charge in [-0.25, -0.2) is 0 Å². The summed E-state index contributed by atoms with van der Waals surface area (Å²) in [5.41, 5.74) is 8.69. The van der Waals surface area contributed by atoms with Gasteiger partial charge < -0.3 is 24.2 Å². The number of anilines is 4. The van der Waals surface area contributed by atoms with Crippen molar-refractivity contribution in [1.82, 2.24) is 0 Å². The number of nitrogens with zero attached hydrogens (tertiary/aromatic N) is 3. The van der Waals surface area contributed by atoms with Gasteiger partial charge in [-0.1, -0.05) is 64.5 Å². The first kappa shape index (κ1) is 36.4. The number of ether oxygens (including phenoxy) is 1. The maximum absolute atomic E-state index is 10.4. The monoisotopic (exact) mass is 727 g/mol. The van der Waals surface area contributed by atoms with Crippen LogP contribution < -0.4 is 77.6 Å². The van der Waals surface area contributed by atoms with Gasteiger partial charge in [0.15, 0.2) is 0 Å². The van der Waals surface area contributed by atoms with Crippen molar-refractivity contribution < 1.29 is 67.7 Å². The molecule has 0 atom stereocenters. The van der Waals surface area contributed by atoms with Crippen molar-refractivity contribution in [1.29, 1.82) is 0 Å². The predicted molar refractivity (Wildman–Crippen MR) is 191 cm³/mol. The van der Waals surface area contributed by atoms with Crippen LogP contribution in [0.4, 0.5) is 22.7 Å². The molecule has 0 aromatic heterocycles. The van der Waals surface area contributed by atoms with E-state index in [0.29, 0.717) is 13.0 Å². The Morgan fingerprint density at radius 3 is 2.31 bits per heavy atom. The quantitative estimate of drug-likeness (QED) is 0.0825. The summed E-state index contributed by atoms with van der Waals surface area (Å²) in [6, 6.07) is 28.3. The molecule has 5 nitrogen and oxygen atoms in total. The molecule has 0 bridgehead atoms. The van der Waals surface area contributed by atoms with Gasteiger partial charge in [-0.2, -0.15) is 0 Å². The van der Waals surface area contributed by atoms with E-state index in [4.69, 9.17) is 4.74 Å². The fraction of sp³-hybridized carbons (Fsp3) is 0.306. The zero-order valence-corrected chi connectivity index (χ0v) is 34.5. The molecular formula is C36H40N3O2RbS3. The van der Waals surface area contributed by atoms with Crippen LogP contribution in [0.3, 0.4) is 0 Å². The predicted octanol–water partition coefficient (Wildman–Crippen LogP) is 6.53. The second-order valence-corrected chi connectivity index (χ2v) is 14.6. The normalized spacial score (nSPS) is 11.7. The molecule has 1 heterocycles. The third-order valence-electron chi connectivity index (χ3n) is 7.62. The fourth-order valence-electron chi connectivity index (χ4n) is 5.25. The van der Waals surface area contributed by atoms with Crippen molar-refractivity contribution >= 4 is 62.4 Å². The minimum absolute atomic E-state index is 0. The average molecular weight is 728 g/mol. The molecule has 0 unspecified atom stereocenters. The van der Waals surface area contributed by atoms with E-state index in [1.165, 1.54) is 48.6 Å². The number of hydrogen-bond acceptors (Lipinski definition) is 8. The minimum Gasteiger partial charge on any atom is -0.542 e. The van der Waals surface area contributed by atoms with E-state index in [-0.39, 0.29) is 58.2 Å². The third kappa shape index (κ3) is 9.37. The maximum Gasteiger partial charge on any atom is 1.00 e. The van der Waals surface area contributed by atoms with Gasteiger partial charge in [0, 0.05) is 60.3 Å². The summed E-state index contributed by atoms with van der Waals surface area (Å²) in [6.45, 7) is 6.82. The standard InChI is InChI=1S/C36H40N3O2S3.Rb/c1-6-20-38(5)32-18-19-34-36(26(32)2)43-35-23-29(37(3)4)12-17-33(35)39(34)24-27-8-13-30(14-9-27)41-25-28-10-15-31(16-11-28)44-42-22-7-21-40;/h8-19,23H,6-7,20,22,24-25H2,1-5H3;/q-1;+1. The van der Waals surface area contributed by atoms with E-state index in [1.54, 1.807) is 21.6 Å². The summed E-state index contributed by atoms with van der Waals surface area (Å²) >= 11 is 1.89. The van der Waals surface area contributed by atoms with Gasteiger partial charge in [0.2, 0.25) is 0 Å². The van der Waals surface area contributed by atoms with Crippen LogP contribution in [0.15, 0.2) is 93.5 Å². The Balaban J connectivity index is 0.00000461. The Hall–Kier alpha value is -1.39. The Kier molecular flexibility index (Phi) is 14.3. The van der Waals surface area contributed by atoms with Crippen molar-refractivity contribution in [3.8, 4) is 5.75 Å². The summed E-state index contributed by atoms with van der Waals surface area (Å²) in [6.07, 6.45) is 3.52. The van der Waals surface area contributed by atoms with E-state index >= 15 is 0 Å². The minimum atomic E-state index is 0. The molecule has 9 heteroatoms. The van der Waals surface area contributed by atoms with Gasteiger partial charge in [0.05, 0.1) is 11.4 Å². The van der Waals surface area contributed by atoms with Crippen molar-refractivity contribution in [2.75, 3.05) is 48.1 Å². The average Bonchev–Trinajstić information content (AvgIpc) is 3.03. The first-order valence-electron chi connectivity index (χ1n) is 14.9. The fourth-order valence-corrected chi connectivity index (χ4v) is 8.35. The van der Waals surface area contributed by atoms with Crippen molar-refractivity contribution in [2.45, 2.75) is 54.5 Å². The van der Waals surface area contributed by atoms with Crippen molar-refractivity contribution in [3.05, 3.63) is 95.6 Å². The SMILES string of the molecule is CCCN(C)c1ccc2c(c1C)Sc1cc(N(C)C)ccc1N2Cc1ccc(OCc2ccc(SSCC[C-]=O)cc2)cc1.[Rb+]. The molecule has 0 radical (unpaired) electrons. The summed E-state index contributed by atoms with van der Waals surface area (Å²) in [5.74, 6) is 1.64. The second kappa shape index (κ2) is 17.7. The summed E-state index contributed by atoms with van der Waals surface area (Å²) in [4.78, 5) is 21.1. The largest absolute Gasteiger partial charge is 1.00 e. The number of fused-ring (bicyclic) bond motifs is 2. The van der Waals surface area contributed by atoms with Gasteiger partial charge in [0.25, 0.3) is 0 Å². The Bertz CT molecular complexity index is 1570. The van der Waals surface area contributed by atoms with Gasteiger partial charge in [-0.3, -0.25) is 6.29 Å². The molecule has 4 aromatic rings. The molecule has 0 saturated carbocycles. The Morgan fingerprint density at radius 1 is 0.911 bits per heavy atom. The van der Waals surface area contributed by atoms with E-state index in [9.17, 15) is 4.79 Å². The van der Waals surface area contributed by atoms with Crippen LogP contribution in [0.5, 0.6) is 5.75 Å². The van der Waals surface area contributed by atoms with E-state index in [2.05, 4.69) is 129 Å². The molecular weight excluding hydrogens is 688 g/mol. The van der Waals surface area contributed by atoms with Crippen LogP contribution in [0.25, 0.3) is 0 Å².